The molecular weight excluding hydrogens is 431 g/mol. The summed E-state index contributed by atoms with van der Waals surface area (Å²) in [7, 11) is -4.03. The standard InChI is InChI=1S/C21H20ClFN2O4S/c22-14-5-3-13(4-6-14)10-25-18-8-15(19(26)7-12-1-2-12)16(23)9-20(18)30(28,29)11-17(24)21(25)27/h3-6,8-9,12,17H,1-2,7,10-11,24H2/t17-/m0/s1. The average Bonchev–Trinajstić information content (AvgIpc) is 3.50. The molecule has 2 aromatic carbocycles. The van der Waals surface area contributed by atoms with E-state index in [9.17, 15) is 22.4 Å². The highest BCUT2D eigenvalue weighted by atomic mass is 35.5. The van der Waals surface area contributed by atoms with Crippen molar-refractivity contribution in [1.82, 2.24) is 0 Å². The highest BCUT2D eigenvalue weighted by Crippen LogP contribution is 2.37. The van der Waals surface area contributed by atoms with Crippen LogP contribution in [-0.2, 0) is 21.2 Å². The molecule has 0 radical (unpaired) electrons. The molecule has 1 aliphatic carbocycles. The minimum atomic E-state index is -4.03. The monoisotopic (exact) mass is 450 g/mol. The number of nitrogens with two attached hydrogens (primary N) is 1. The van der Waals surface area contributed by atoms with Crippen LogP contribution in [0.3, 0.4) is 0 Å². The molecule has 1 atom stereocenters. The number of nitrogens with zero attached hydrogens (tertiary/aromatic N) is 1. The summed E-state index contributed by atoms with van der Waals surface area (Å²) in [5.74, 6) is -2.32. The van der Waals surface area contributed by atoms with E-state index in [0.29, 0.717) is 10.6 Å². The van der Waals surface area contributed by atoms with E-state index in [0.717, 1.165) is 18.9 Å². The normalized spacial score (nSPS) is 20.6. The number of ketones is 1. The van der Waals surface area contributed by atoms with E-state index in [1.165, 1.54) is 11.0 Å². The van der Waals surface area contributed by atoms with Crippen molar-refractivity contribution in [2.45, 2.75) is 36.7 Å². The van der Waals surface area contributed by atoms with Crippen LogP contribution in [0.5, 0.6) is 0 Å². The fourth-order valence-corrected chi connectivity index (χ4v) is 5.25. The third-order valence-corrected chi connectivity index (χ3v) is 7.43. The third kappa shape index (κ3) is 4.12. The van der Waals surface area contributed by atoms with E-state index in [4.69, 9.17) is 17.3 Å². The summed E-state index contributed by atoms with van der Waals surface area (Å²) in [4.78, 5) is 26.4. The summed E-state index contributed by atoms with van der Waals surface area (Å²) in [6.07, 6.45) is 2.04. The second-order valence-electron chi connectivity index (χ2n) is 7.81. The molecule has 4 rings (SSSR count). The van der Waals surface area contributed by atoms with Crippen molar-refractivity contribution < 1.29 is 22.4 Å². The lowest BCUT2D eigenvalue weighted by molar-refractivity contribution is -0.119. The maximum absolute atomic E-state index is 14.7. The van der Waals surface area contributed by atoms with E-state index < -0.39 is 39.1 Å². The lowest BCUT2D eigenvalue weighted by Crippen LogP contribution is -2.45. The number of anilines is 1. The molecule has 2 aliphatic rings. The van der Waals surface area contributed by atoms with Crippen molar-refractivity contribution in [1.29, 1.82) is 0 Å². The van der Waals surface area contributed by atoms with Gasteiger partial charge in [-0.25, -0.2) is 12.8 Å². The van der Waals surface area contributed by atoms with Gasteiger partial charge in [0.2, 0.25) is 5.91 Å². The van der Waals surface area contributed by atoms with E-state index in [1.54, 1.807) is 24.3 Å². The topological polar surface area (TPSA) is 97.5 Å². The Morgan fingerprint density at radius 1 is 1.20 bits per heavy atom. The summed E-state index contributed by atoms with van der Waals surface area (Å²) < 4.78 is 40.3. The fourth-order valence-electron chi connectivity index (χ4n) is 3.56. The summed E-state index contributed by atoms with van der Waals surface area (Å²) in [5, 5.41) is 0.510. The molecule has 0 unspecified atom stereocenters. The van der Waals surface area contributed by atoms with E-state index in [1.807, 2.05) is 0 Å². The first-order valence-electron chi connectivity index (χ1n) is 9.56. The Balaban J connectivity index is 1.83. The van der Waals surface area contributed by atoms with Crippen molar-refractivity contribution in [3.05, 3.63) is 58.4 Å². The number of halogens is 2. The molecule has 1 heterocycles. The molecule has 6 nitrogen and oxygen atoms in total. The number of sulfone groups is 1. The highest BCUT2D eigenvalue weighted by Gasteiger charge is 2.38. The first-order valence-corrected chi connectivity index (χ1v) is 11.6. The summed E-state index contributed by atoms with van der Waals surface area (Å²) in [6, 6.07) is 7.40. The summed E-state index contributed by atoms with van der Waals surface area (Å²) in [6.45, 7) is 0.00805. The SMILES string of the molecule is N[C@H]1CS(=O)(=O)c2cc(F)c(C(=O)CC3CC3)cc2N(Cc2ccc(Cl)cc2)C1=O. The number of carbonyl (C=O) groups is 2. The van der Waals surface area contributed by atoms with Crippen LogP contribution in [-0.4, -0.2) is 31.9 Å². The number of benzene rings is 2. The molecule has 0 saturated heterocycles. The van der Waals surface area contributed by atoms with Crippen molar-refractivity contribution in [3.63, 3.8) is 0 Å². The zero-order valence-corrected chi connectivity index (χ0v) is 17.5. The maximum atomic E-state index is 14.7. The Hall–Kier alpha value is -2.29. The van der Waals surface area contributed by atoms with Crippen LogP contribution in [0.15, 0.2) is 41.3 Å². The quantitative estimate of drug-likeness (QED) is 0.706. The van der Waals surface area contributed by atoms with Crippen LogP contribution in [0.1, 0.15) is 35.2 Å². The first-order chi connectivity index (χ1) is 14.2. The minimum absolute atomic E-state index is 0.00805. The zero-order valence-electron chi connectivity index (χ0n) is 16.0. The van der Waals surface area contributed by atoms with Gasteiger partial charge in [-0.1, -0.05) is 23.7 Å². The van der Waals surface area contributed by atoms with Crippen LogP contribution in [0.2, 0.25) is 5.02 Å². The first kappa shape index (κ1) is 21.0. The van der Waals surface area contributed by atoms with Crippen LogP contribution < -0.4 is 10.6 Å². The van der Waals surface area contributed by atoms with Gasteiger partial charge in [0.1, 0.15) is 5.82 Å². The zero-order chi connectivity index (χ0) is 21.6. The Bertz CT molecular complexity index is 1130. The number of rotatable bonds is 5. The van der Waals surface area contributed by atoms with Gasteiger partial charge in [0, 0.05) is 11.4 Å². The molecule has 158 valence electrons. The molecule has 0 aromatic heterocycles. The smallest absolute Gasteiger partial charge is 0.245 e. The van der Waals surface area contributed by atoms with Gasteiger partial charge < -0.3 is 10.6 Å². The molecule has 30 heavy (non-hydrogen) atoms. The van der Waals surface area contributed by atoms with Gasteiger partial charge in [-0.15, -0.1) is 0 Å². The van der Waals surface area contributed by atoms with E-state index in [2.05, 4.69) is 0 Å². The molecule has 1 fully saturated rings. The Morgan fingerprint density at radius 3 is 2.50 bits per heavy atom. The predicted molar refractivity (Wildman–Crippen MR) is 111 cm³/mol. The Labute approximate surface area is 178 Å². The Morgan fingerprint density at radius 2 is 1.87 bits per heavy atom. The van der Waals surface area contributed by atoms with Gasteiger partial charge in [0.15, 0.2) is 15.6 Å². The summed E-state index contributed by atoms with van der Waals surface area (Å²) in [5.41, 5.74) is 6.31. The van der Waals surface area contributed by atoms with Crippen LogP contribution in [0.25, 0.3) is 0 Å². The number of hydrogen-bond donors (Lipinski definition) is 1. The lowest BCUT2D eigenvalue weighted by atomic mass is 10.0. The fraction of sp³-hybridized carbons (Fsp3) is 0.333. The molecule has 1 amide bonds. The number of hydrogen-bond acceptors (Lipinski definition) is 5. The van der Waals surface area contributed by atoms with Gasteiger partial charge in [-0.05, 0) is 48.6 Å². The van der Waals surface area contributed by atoms with E-state index in [-0.39, 0.29) is 35.0 Å². The van der Waals surface area contributed by atoms with Gasteiger partial charge in [0.25, 0.3) is 0 Å². The average molecular weight is 451 g/mol. The van der Waals surface area contributed by atoms with Gasteiger partial charge in [-0.2, -0.15) is 0 Å². The predicted octanol–water partition coefficient (Wildman–Crippen LogP) is 3.11. The number of carbonyl (C=O) groups excluding carboxylic acids is 2. The van der Waals surface area contributed by atoms with Crippen LogP contribution in [0.4, 0.5) is 10.1 Å². The molecule has 0 bridgehead atoms. The second kappa shape index (κ2) is 7.76. The second-order valence-corrected chi connectivity index (χ2v) is 10.2. The number of amides is 1. The van der Waals surface area contributed by atoms with Crippen molar-refractivity contribution in [3.8, 4) is 0 Å². The Kier molecular flexibility index (Phi) is 5.42. The van der Waals surface area contributed by atoms with Gasteiger partial charge in [-0.3, -0.25) is 9.59 Å². The molecule has 1 saturated carbocycles. The van der Waals surface area contributed by atoms with Crippen molar-refractivity contribution in [2.75, 3.05) is 10.7 Å². The maximum Gasteiger partial charge on any atom is 0.245 e. The van der Waals surface area contributed by atoms with Crippen molar-refractivity contribution >= 4 is 38.8 Å². The highest BCUT2D eigenvalue weighted by molar-refractivity contribution is 7.91. The molecule has 0 spiro atoms. The molecule has 2 aromatic rings. The largest absolute Gasteiger partial charge is 0.319 e. The molecule has 9 heteroatoms. The van der Waals surface area contributed by atoms with E-state index >= 15 is 0 Å². The molecule has 2 N–H and O–H groups in total. The van der Waals surface area contributed by atoms with Crippen LogP contribution >= 0.6 is 11.6 Å². The van der Waals surface area contributed by atoms with Gasteiger partial charge in [0.05, 0.1) is 34.5 Å². The summed E-state index contributed by atoms with van der Waals surface area (Å²) >= 11 is 5.91. The minimum Gasteiger partial charge on any atom is -0.319 e. The van der Waals surface area contributed by atoms with Gasteiger partial charge >= 0.3 is 0 Å². The number of fused-ring (bicyclic) bond motifs is 1. The lowest BCUT2D eigenvalue weighted by Gasteiger charge is -2.25. The molecular formula is C21H20ClFN2O4S. The third-order valence-electron chi connectivity index (χ3n) is 5.38. The van der Waals surface area contributed by atoms with Crippen molar-refractivity contribution in [2.24, 2.45) is 11.7 Å². The molecule has 1 aliphatic heterocycles. The van der Waals surface area contributed by atoms with Crippen LogP contribution in [0, 0.1) is 11.7 Å². The number of Topliss-reactive ketones (excluding diaryl/α,β-unsaturated/α-hetero) is 1.